The highest BCUT2D eigenvalue weighted by Gasteiger charge is 2.24. The van der Waals surface area contributed by atoms with E-state index in [4.69, 9.17) is 16.3 Å². The molecular formula is C16H15ClN2O2. The van der Waals surface area contributed by atoms with Gasteiger partial charge in [0.1, 0.15) is 5.75 Å². The number of amides is 1. The zero-order chi connectivity index (χ0) is 14.8. The van der Waals surface area contributed by atoms with E-state index in [1.807, 2.05) is 36.4 Å². The van der Waals surface area contributed by atoms with Crippen molar-refractivity contribution < 1.29 is 9.53 Å². The average molecular weight is 303 g/mol. The van der Waals surface area contributed by atoms with Crippen molar-refractivity contribution in [3.63, 3.8) is 0 Å². The molecule has 0 spiro atoms. The van der Waals surface area contributed by atoms with Gasteiger partial charge in [0.25, 0.3) is 0 Å². The van der Waals surface area contributed by atoms with Crippen molar-refractivity contribution in [1.82, 2.24) is 0 Å². The summed E-state index contributed by atoms with van der Waals surface area (Å²) in [6.07, 6.45) is 0.420. The number of ether oxygens (including phenoxy) is 1. The van der Waals surface area contributed by atoms with E-state index >= 15 is 0 Å². The number of nitrogens with one attached hydrogen (secondary N) is 1. The second kappa shape index (κ2) is 5.66. The molecule has 1 N–H and O–H groups in total. The zero-order valence-corrected chi connectivity index (χ0v) is 12.4. The predicted molar refractivity (Wildman–Crippen MR) is 84.7 cm³/mol. The van der Waals surface area contributed by atoms with Gasteiger partial charge in [-0.15, -0.1) is 0 Å². The van der Waals surface area contributed by atoms with Crippen LogP contribution in [0.2, 0.25) is 5.02 Å². The number of fused-ring (bicyclic) bond motifs is 1. The fourth-order valence-corrected chi connectivity index (χ4v) is 2.59. The highest BCUT2D eigenvalue weighted by molar-refractivity contribution is 6.31. The van der Waals surface area contributed by atoms with Crippen LogP contribution in [-0.4, -0.2) is 19.6 Å². The minimum absolute atomic E-state index is 0.0248. The lowest BCUT2D eigenvalue weighted by Crippen LogP contribution is -2.25. The fourth-order valence-electron chi connectivity index (χ4n) is 2.42. The summed E-state index contributed by atoms with van der Waals surface area (Å²) in [4.78, 5) is 14.2. The van der Waals surface area contributed by atoms with Crippen LogP contribution in [0.1, 0.15) is 6.42 Å². The molecule has 2 aromatic carbocycles. The number of methoxy groups -OCH3 is 1. The van der Waals surface area contributed by atoms with Crippen LogP contribution < -0.4 is 15.0 Å². The minimum Gasteiger partial charge on any atom is -0.497 e. The van der Waals surface area contributed by atoms with Gasteiger partial charge in [-0.2, -0.15) is 0 Å². The van der Waals surface area contributed by atoms with E-state index in [9.17, 15) is 4.79 Å². The van der Waals surface area contributed by atoms with E-state index in [2.05, 4.69) is 5.32 Å². The van der Waals surface area contributed by atoms with Crippen LogP contribution in [0.4, 0.5) is 17.1 Å². The lowest BCUT2D eigenvalue weighted by atomic mass is 10.2. The normalized spacial score (nSPS) is 14.2. The standard InChI is InChI=1S/C16H15ClN2O2/c1-21-13-4-2-3-12(10-13)19-15-9-11(17)5-6-14(15)18-8-7-16(19)20/h2-6,9-10,18H,7-8H2,1H3. The largest absolute Gasteiger partial charge is 0.497 e. The number of halogens is 1. The molecule has 4 nitrogen and oxygen atoms in total. The van der Waals surface area contributed by atoms with E-state index in [1.54, 1.807) is 18.1 Å². The first-order valence-electron chi connectivity index (χ1n) is 6.69. The molecule has 0 aliphatic carbocycles. The fraction of sp³-hybridized carbons (Fsp3) is 0.188. The molecule has 0 atom stereocenters. The van der Waals surface area contributed by atoms with Gasteiger partial charge in [0, 0.05) is 24.1 Å². The van der Waals surface area contributed by atoms with Gasteiger partial charge in [-0.3, -0.25) is 9.69 Å². The van der Waals surface area contributed by atoms with Gasteiger partial charge < -0.3 is 10.1 Å². The maximum absolute atomic E-state index is 12.5. The summed E-state index contributed by atoms with van der Waals surface area (Å²) in [6, 6.07) is 12.9. The van der Waals surface area contributed by atoms with Gasteiger partial charge >= 0.3 is 0 Å². The number of anilines is 3. The van der Waals surface area contributed by atoms with Gasteiger partial charge in [0.15, 0.2) is 0 Å². The lowest BCUT2D eigenvalue weighted by molar-refractivity contribution is -0.117. The monoisotopic (exact) mass is 302 g/mol. The highest BCUT2D eigenvalue weighted by atomic mass is 35.5. The molecule has 0 saturated carbocycles. The lowest BCUT2D eigenvalue weighted by Gasteiger charge is -2.23. The molecule has 3 rings (SSSR count). The molecule has 0 unspecified atom stereocenters. The van der Waals surface area contributed by atoms with Crippen molar-refractivity contribution in [2.75, 3.05) is 23.9 Å². The Morgan fingerprint density at radius 3 is 2.90 bits per heavy atom. The van der Waals surface area contributed by atoms with Crippen LogP contribution in [0.3, 0.4) is 0 Å². The van der Waals surface area contributed by atoms with Gasteiger partial charge in [-0.1, -0.05) is 17.7 Å². The van der Waals surface area contributed by atoms with Gasteiger partial charge in [0.05, 0.1) is 24.2 Å². The third-order valence-electron chi connectivity index (χ3n) is 3.42. The number of benzene rings is 2. The molecule has 1 heterocycles. The number of carbonyl (C=O) groups is 1. The molecule has 1 aliphatic heterocycles. The quantitative estimate of drug-likeness (QED) is 0.916. The van der Waals surface area contributed by atoms with Crippen LogP contribution in [-0.2, 0) is 4.79 Å². The smallest absolute Gasteiger partial charge is 0.233 e. The molecule has 5 heteroatoms. The summed E-state index contributed by atoms with van der Waals surface area (Å²) in [6.45, 7) is 0.605. The minimum atomic E-state index is 0.0248. The van der Waals surface area contributed by atoms with Crippen LogP contribution in [0.25, 0.3) is 0 Å². The Hall–Kier alpha value is -2.20. The SMILES string of the molecule is COc1cccc(N2C(=O)CCNc3ccc(Cl)cc32)c1. The van der Waals surface area contributed by atoms with E-state index < -0.39 is 0 Å². The Bertz CT molecular complexity index is 688. The Morgan fingerprint density at radius 1 is 1.24 bits per heavy atom. The second-order valence-corrected chi connectivity index (χ2v) is 5.21. The maximum Gasteiger partial charge on any atom is 0.233 e. The third-order valence-corrected chi connectivity index (χ3v) is 3.65. The first-order valence-corrected chi connectivity index (χ1v) is 7.07. The molecule has 2 aromatic rings. The van der Waals surface area contributed by atoms with E-state index in [1.165, 1.54) is 0 Å². The number of hydrogen-bond donors (Lipinski definition) is 1. The topological polar surface area (TPSA) is 41.6 Å². The first-order chi connectivity index (χ1) is 10.2. The van der Waals surface area contributed by atoms with Crippen LogP contribution in [0.15, 0.2) is 42.5 Å². The summed E-state index contributed by atoms with van der Waals surface area (Å²) in [5, 5.41) is 3.85. The first kappa shape index (κ1) is 13.8. The van der Waals surface area contributed by atoms with Gasteiger partial charge in [0.2, 0.25) is 5.91 Å². The second-order valence-electron chi connectivity index (χ2n) is 4.77. The summed E-state index contributed by atoms with van der Waals surface area (Å²) in [5.41, 5.74) is 2.43. The summed E-state index contributed by atoms with van der Waals surface area (Å²) in [5.74, 6) is 0.734. The molecule has 108 valence electrons. The van der Waals surface area contributed by atoms with Crippen LogP contribution in [0.5, 0.6) is 5.75 Å². The Kier molecular flexibility index (Phi) is 3.71. The number of hydrogen-bond acceptors (Lipinski definition) is 3. The zero-order valence-electron chi connectivity index (χ0n) is 11.6. The van der Waals surface area contributed by atoms with E-state index in [0.717, 1.165) is 17.1 Å². The highest BCUT2D eigenvalue weighted by Crippen LogP contribution is 2.37. The Balaban J connectivity index is 2.14. The molecule has 1 aliphatic rings. The molecule has 1 amide bonds. The summed E-state index contributed by atoms with van der Waals surface area (Å²) >= 11 is 6.10. The van der Waals surface area contributed by atoms with Crippen molar-refractivity contribution >= 4 is 34.6 Å². The van der Waals surface area contributed by atoms with Crippen LogP contribution >= 0.6 is 11.6 Å². The van der Waals surface area contributed by atoms with E-state index in [0.29, 0.717) is 23.7 Å². The molecular weight excluding hydrogens is 288 g/mol. The van der Waals surface area contributed by atoms with Crippen molar-refractivity contribution in [3.8, 4) is 5.75 Å². The number of rotatable bonds is 2. The molecule has 0 fully saturated rings. The molecule has 0 saturated heterocycles. The van der Waals surface area contributed by atoms with Crippen molar-refractivity contribution in [3.05, 3.63) is 47.5 Å². The summed E-state index contributed by atoms with van der Waals surface area (Å²) in [7, 11) is 1.61. The van der Waals surface area contributed by atoms with Gasteiger partial charge in [-0.05, 0) is 30.3 Å². The molecule has 0 radical (unpaired) electrons. The van der Waals surface area contributed by atoms with Crippen molar-refractivity contribution in [2.45, 2.75) is 6.42 Å². The summed E-state index contributed by atoms with van der Waals surface area (Å²) < 4.78 is 5.24. The number of nitrogens with zero attached hydrogens (tertiary/aromatic N) is 1. The average Bonchev–Trinajstić information content (AvgIpc) is 2.65. The molecule has 21 heavy (non-hydrogen) atoms. The molecule has 0 bridgehead atoms. The molecule has 0 aromatic heterocycles. The van der Waals surface area contributed by atoms with Gasteiger partial charge in [-0.25, -0.2) is 0 Å². The maximum atomic E-state index is 12.5. The number of carbonyl (C=O) groups excluding carboxylic acids is 1. The Labute approximate surface area is 128 Å². The van der Waals surface area contributed by atoms with Crippen molar-refractivity contribution in [1.29, 1.82) is 0 Å². The predicted octanol–water partition coefficient (Wildman–Crippen LogP) is 3.83. The third kappa shape index (κ3) is 2.67. The van der Waals surface area contributed by atoms with Crippen molar-refractivity contribution in [2.24, 2.45) is 0 Å². The van der Waals surface area contributed by atoms with Crippen LogP contribution in [0, 0.1) is 0 Å². The Morgan fingerprint density at radius 2 is 2.10 bits per heavy atom. The van der Waals surface area contributed by atoms with E-state index in [-0.39, 0.29) is 5.91 Å².